The Bertz CT molecular complexity index is 381. The molecule has 16 heavy (non-hydrogen) atoms. The summed E-state index contributed by atoms with van der Waals surface area (Å²) in [6, 6.07) is 5.42. The topological polar surface area (TPSA) is 20.3 Å². The highest BCUT2D eigenvalue weighted by molar-refractivity contribution is 9.09. The highest BCUT2D eigenvalue weighted by atomic mass is 79.9. The van der Waals surface area contributed by atoms with E-state index < -0.39 is 0 Å². The average molecular weight is 305 g/mol. The summed E-state index contributed by atoms with van der Waals surface area (Å²) in [4.78, 5) is 13.9. The first-order chi connectivity index (χ1) is 7.60. The van der Waals surface area contributed by atoms with Crippen LogP contribution in [0.5, 0.6) is 0 Å². The summed E-state index contributed by atoms with van der Waals surface area (Å²) in [5.41, 5.74) is 1.64. The van der Waals surface area contributed by atoms with E-state index in [2.05, 4.69) is 15.9 Å². The standard InChI is InChI=1S/C12H15BrClNO/c1-3-15(7-6-13)12(16)10-5-4-9(2)11(14)8-10/h4-5,8H,3,6-7H2,1-2H3. The lowest BCUT2D eigenvalue weighted by atomic mass is 10.1. The molecule has 0 aliphatic carbocycles. The van der Waals surface area contributed by atoms with Crippen molar-refractivity contribution < 1.29 is 4.79 Å². The van der Waals surface area contributed by atoms with Crippen LogP contribution in [0.15, 0.2) is 18.2 Å². The van der Waals surface area contributed by atoms with Gasteiger partial charge in [0.1, 0.15) is 0 Å². The van der Waals surface area contributed by atoms with Crippen molar-refractivity contribution in [2.24, 2.45) is 0 Å². The Balaban J connectivity index is 2.90. The van der Waals surface area contributed by atoms with Crippen LogP contribution in [-0.4, -0.2) is 29.2 Å². The number of carbonyl (C=O) groups is 1. The zero-order valence-electron chi connectivity index (χ0n) is 9.46. The van der Waals surface area contributed by atoms with Crippen molar-refractivity contribution in [2.75, 3.05) is 18.4 Å². The van der Waals surface area contributed by atoms with E-state index in [0.29, 0.717) is 23.7 Å². The minimum atomic E-state index is 0.0313. The number of halogens is 2. The largest absolute Gasteiger partial charge is 0.338 e. The van der Waals surface area contributed by atoms with Crippen LogP contribution in [0.2, 0.25) is 5.02 Å². The first-order valence-corrected chi connectivity index (χ1v) is 6.71. The molecule has 0 heterocycles. The van der Waals surface area contributed by atoms with Crippen molar-refractivity contribution in [1.29, 1.82) is 0 Å². The Morgan fingerprint density at radius 2 is 2.19 bits per heavy atom. The number of benzene rings is 1. The molecule has 0 aliphatic heterocycles. The van der Waals surface area contributed by atoms with Crippen LogP contribution in [0.3, 0.4) is 0 Å². The monoisotopic (exact) mass is 303 g/mol. The maximum Gasteiger partial charge on any atom is 0.253 e. The van der Waals surface area contributed by atoms with Crippen LogP contribution < -0.4 is 0 Å². The van der Waals surface area contributed by atoms with Crippen LogP contribution in [0, 0.1) is 6.92 Å². The Morgan fingerprint density at radius 3 is 2.69 bits per heavy atom. The lowest BCUT2D eigenvalue weighted by molar-refractivity contribution is 0.0775. The van der Waals surface area contributed by atoms with Gasteiger partial charge in [-0.3, -0.25) is 4.79 Å². The molecule has 2 nitrogen and oxygen atoms in total. The average Bonchev–Trinajstić information content (AvgIpc) is 2.28. The molecule has 1 aromatic rings. The zero-order chi connectivity index (χ0) is 12.1. The second kappa shape index (κ2) is 6.26. The Hall–Kier alpha value is -0.540. The van der Waals surface area contributed by atoms with Gasteiger partial charge in [-0.25, -0.2) is 0 Å². The second-order valence-electron chi connectivity index (χ2n) is 3.54. The summed E-state index contributed by atoms with van der Waals surface area (Å²) in [6.07, 6.45) is 0. The Labute approximate surface area is 110 Å². The third-order valence-corrected chi connectivity index (χ3v) is 3.20. The van der Waals surface area contributed by atoms with Gasteiger partial charge in [0.2, 0.25) is 0 Å². The number of rotatable bonds is 4. The van der Waals surface area contributed by atoms with E-state index in [0.717, 1.165) is 10.9 Å². The molecule has 0 atom stereocenters. The summed E-state index contributed by atoms with van der Waals surface area (Å²) < 4.78 is 0. The van der Waals surface area contributed by atoms with E-state index in [1.165, 1.54) is 0 Å². The van der Waals surface area contributed by atoms with Gasteiger partial charge in [0, 0.05) is 29.0 Å². The molecule has 1 aromatic carbocycles. The summed E-state index contributed by atoms with van der Waals surface area (Å²) in [6.45, 7) is 5.31. The van der Waals surface area contributed by atoms with Crippen molar-refractivity contribution in [3.05, 3.63) is 34.3 Å². The molecule has 88 valence electrons. The van der Waals surface area contributed by atoms with Crippen LogP contribution in [0.4, 0.5) is 0 Å². The third kappa shape index (κ3) is 3.22. The molecule has 0 unspecified atom stereocenters. The number of alkyl halides is 1. The van der Waals surface area contributed by atoms with Crippen LogP contribution >= 0.6 is 27.5 Å². The molecule has 0 N–H and O–H groups in total. The molecule has 0 aliphatic rings. The fourth-order valence-corrected chi connectivity index (χ4v) is 2.02. The van der Waals surface area contributed by atoms with E-state index in [-0.39, 0.29) is 5.91 Å². The summed E-state index contributed by atoms with van der Waals surface area (Å²) in [5, 5.41) is 1.42. The van der Waals surface area contributed by atoms with Gasteiger partial charge < -0.3 is 4.90 Å². The van der Waals surface area contributed by atoms with E-state index in [4.69, 9.17) is 11.6 Å². The molecule has 0 saturated carbocycles. The van der Waals surface area contributed by atoms with Gasteiger partial charge in [-0.15, -0.1) is 0 Å². The normalized spacial score (nSPS) is 10.2. The number of carbonyl (C=O) groups excluding carboxylic acids is 1. The predicted octanol–water partition coefficient (Wildman–Crippen LogP) is 3.51. The highest BCUT2D eigenvalue weighted by Gasteiger charge is 2.13. The van der Waals surface area contributed by atoms with Gasteiger partial charge >= 0.3 is 0 Å². The summed E-state index contributed by atoms with van der Waals surface area (Å²) in [7, 11) is 0. The minimum Gasteiger partial charge on any atom is -0.338 e. The number of nitrogens with zero attached hydrogens (tertiary/aromatic N) is 1. The van der Waals surface area contributed by atoms with Crippen LogP contribution in [0.1, 0.15) is 22.8 Å². The molecule has 0 aromatic heterocycles. The number of aryl methyl sites for hydroxylation is 1. The number of amides is 1. The molecule has 0 radical (unpaired) electrons. The van der Waals surface area contributed by atoms with E-state index in [1.807, 2.05) is 26.0 Å². The van der Waals surface area contributed by atoms with Crippen molar-refractivity contribution in [2.45, 2.75) is 13.8 Å². The molecular formula is C12H15BrClNO. The quantitative estimate of drug-likeness (QED) is 0.780. The van der Waals surface area contributed by atoms with Gasteiger partial charge in [-0.1, -0.05) is 33.6 Å². The maximum absolute atomic E-state index is 12.1. The van der Waals surface area contributed by atoms with Crippen LogP contribution in [-0.2, 0) is 0 Å². The lowest BCUT2D eigenvalue weighted by Crippen LogP contribution is -2.32. The number of hydrogen-bond donors (Lipinski definition) is 0. The first-order valence-electron chi connectivity index (χ1n) is 5.21. The van der Waals surface area contributed by atoms with Crippen molar-refractivity contribution in [1.82, 2.24) is 4.90 Å². The molecule has 0 fully saturated rings. The fourth-order valence-electron chi connectivity index (χ4n) is 1.41. The summed E-state index contributed by atoms with van der Waals surface area (Å²) in [5.74, 6) is 0.0313. The van der Waals surface area contributed by atoms with Crippen molar-refractivity contribution in [3.63, 3.8) is 0 Å². The minimum absolute atomic E-state index is 0.0313. The predicted molar refractivity (Wildman–Crippen MR) is 71.6 cm³/mol. The molecule has 1 rings (SSSR count). The van der Waals surface area contributed by atoms with E-state index in [1.54, 1.807) is 11.0 Å². The van der Waals surface area contributed by atoms with Crippen molar-refractivity contribution in [3.8, 4) is 0 Å². The van der Waals surface area contributed by atoms with Gasteiger partial charge in [0.25, 0.3) is 5.91 Å². The Kier molecular flexibility index (Phi) is 5.29. The highest BCUT2D eigenvalue weighted by Crippen LogP contribution is 2.17. The Morgan fingerprint density at radius 1 is 1.50 bits per heavy atom. The smallest absolute Gasteiger partial charge is 0.253 e. The molecule has 1 amide bonds. The molecule has 4 heteroatoms. The van der Waals surface area contributed by atoms with Crippen LogP contribution in [0.25, 0.3) is 0 Å². The summed E-state index contributed by atoms with van der Waals surface area (Å²) >= 11 is 9.34. The second-order valence-corrected chi connectivity index (χ2v) is 4.74. The third-order valence-electron chi connectivity index (χ3n) is 2.44. The first kappa shape index (κ1) is 13.5. The maximum atomic E-state index is 12.1. The van der Waals surface area contributed by atoms with Crippen molar-refractivity contribution >= 4 is 33.4 Å². The van der Waals surface area contributed by atoms with E-state index in [9.17, 15) is 4.79 Å². The van der Waals surface area contributed by atoms with Gasteiger partial charge in [-0.2, -0.15) is 0 Å². The van der Waals surface area contributed by atoms with E-state index >= 15 is 0 Å². The van der Waals surface area contributed by atoms with Gasteiger partial charge in [-0.05, 0) is 31.5 Å². The lowest BCUT2D eigenvalue weighted by Gasteiger charge is -2.19. The van der Waals surface area contributed by atoms with Gasteiger partial charge in [0.15, 0.2) is 0 Å². The molecule has 0 bridgehead atoms. The molecular weight excluding hydrogens is 289 g/mol. The molecule has 0 saturated heterocycles. The SMILES string of the molecule is CCN(CCBr)C(=O)c1ccc(C)c(Cl)c1. The molecule has 0 spiro atoms. The zero-order valence-corrected chi connectivity index (χ0v) is 11.8. The fraction of sp³-hybridized carbons (Fsp3) is 0.417. The number of hydrogen-bond acceptors (Lipinski definition) is 1. The van der Waals surface area contributed by atoms with Gasteiger partial charge in [0.05, 0.1) is 0 Å².